The SMILES string of the molecule is CCCC[C@H](F)[C@@H](F)C(=O)Nc1ccc(NCc2ccc(O)cc2)c(F)c1N. The first-order valence-electron chi connectivity index (χ1n) is 9.02. The molecule has 2 aromatic carbocycles. The fourth-order valence-electron chi connectivity index (χ4n) is 2.56. The number of nitrogen functional groups attached to an aromatic ring is 1. The molecule has 8 heteroatoms. The number of amides is 1. The molecule has 0 fully saturated rings. The highest BCUT2D eigenvalue weighted by molar-refractivity contribution is 5.97. The molecule has 0 aliphatic carbocycles. The van der Waals surface area contributed by atoms with Crippen molar-refractivity contribution in [1.82, 2.24) is 0 Å². The number of aromatic hydroxyl groups is 1. The van der Waals surface area contributed by atoms with Crippen molar-refractivity contribution in [1.29, 1.82) is 0 Å². The van der Waals surface area contributed by atoms with Crippen molar-refractivity contribution in [3.63, 3.8) is 0 Å². The maximum atomic E-state index is 14.5. The molecule has 5 nitrogen and oxygen atoms in total. The van der Waals surface area contributed by atoms with Gasteiger partial charge in [0.25, 0.3) is 5.91 Å². The van der Waals surface area contributed by atoms with Crippen LogP contribution in [0.2, 0.25) is 0 Å². The summed E-state index contributed by atoms with van der Waals surface area (Å²) >= 11 is 0. The third-order valence-electron chi connectivity index (χ3n) is 4.26. The summed E-state index contributed by atoms with van der Waals surface area (Å²) in [6.07, 6.45) is -3.17. The second kappa shape index (κ2) is 9.87. The summed E-state index contributed by atoms with van der Waals surface area (Å²) in [5.41, 5.74) is 6.09. The average Bonchev–Trinajstić information content (AvgIpc) is 2.69. The second-order valence-corrected chi connectivity index (χ2v) is 6.46. The van der Waals surface area contributed by atoms with E-state index in [1.165, 1.54) is 24.3 Å². The van der Waals surface area contributed by atoms with Crippen LogP contribution in [-0.2, 0) is 11.3 Å². The van der Waals surface area contributed by atoms with E-state index in [1.54, 1.807) is 12.1 Å². The molecular weight excluding hydrogens is 371 g/mol. The first-order chi connectivity index (χ1) is 13.3. The Morgan fingerprint density at radius 2 is 1.79 bits per heavy atom. The number of nitrogens with two attached hydrogens (primary N) is 1. The number of carbonyl (C=O) groups excluding carboxylic acids is 1. The first kappa shape index (κ1) is 21.4. The number of benzene rings is 2. The zero-order valence-electron chi connectivity index (χ0n) is 15.5. The van der Waals surface area contributed by atoms with Crippen molar-refractivity contribution in [2.24, 2.45) is 0 Å². The molecule has 0 aromatic heterocycles. The van der Waals surface area contributed by atoms with Crippen molar-refractivity contribution in [3.05, 3.63) is 47.8 Å². The highest BCUT2D eigenvalue weighted by Crippen LogP contribution is 2.29. The Labute approximate surface area is 161 Å². The molecule has 1 amide bonds. The molecule has 2 aromatic rings. The van der Waals surface area contributed by atoms with Crippen LogP contribution in [0.1, 0.15) is 31.7 Å². The molecule has 28 heavy (non-hydrogen) atoms. The molecule has 5 N–H and O–H groups in total. The number of hydrogen-bond acceptors (Lipinski definition) is 4. The standard InChI is InChI=1S/C20H24F3N3O2/c1-2-3-4-14(21)17(22)20(28)26-16-10-9-15(18(23)19(16)24)25-11-12-5-7-13(27)8-6-12/h5-10,14,17,25,27H,2-4,11,24H2,1H3,(H,26,28)/t14-,17+/m0/s1. The number of carbonyl (C=O) groups is 1. The molecule has 152 valence electrons. The number of rotatable bonds is 9. The maximum Gasteiger partial charge on any atom is 0.262 e. The minimum Gasteiger partial charge on any atom is -0.508 e. The van der Waals surface area contributed by atoms with E-state index in [2.05, 4.69) is 10.6 Å². The number of halogens is 3. The van der Waals surface area contributed by atoms with Crippen LogP contribution < -0.4 is 16.4 Å². The van der Waals surface area contributed by atoms with E-state index in [4.69, 9.17) is 5.73 Å². The lowest BCUT2D eigenvalue weighted by atomic mass is 10.1. The summed E-state index contributed by atoms with van der Waals surface area (Å²) in [5.74, 6) is -1.88. The smallest absolute Gasteiger partial charge is 0.262 e. The molecule has 0 heterocycles. The number of phenols is 1. The Bertz CT molecular complexity index is 800. The molecule has 2 atom stereocenters. The van der Waals surface area contributed by atoms with Crippen molar-refractivity contribution in [2.75, 3.05) is 16.4 Å². The number of alkyl halides is 2. The Morgan fingerprint density at radius 1 is 1.14 bits per heavy atom. The van der Waals surface area contributed by atoms with E-state index >= 15 is 0 Å². The Balaban J connectivity index is 2.02. The maximum absolute atomic E-state index is 14.5. The molecule has 0 radical (unpaired) electrons. The molecule has 0 aliphatic rings. The molecule has 0 saturated heterocycles. The summed E-state index contributed by atoms with van der Waals surface area (Å²) < 4.78 is 42.1. The van der Waals surface area contributed by atoms with Crippen LogP contribution in [0.25, 0.3) is 0 Å². The molecule has 0 spiro atoms. The largest absolute Gasteiger partial charge is 0.508 e. The van der Waals surface area contributed by atoms with Crippen LogP contribution >= 0.6 is 0 Å². The minimum absolute atomic E-state index is 0.0605. The highest BCUT2D eigenvalue weighted by atomic mass is 19.2. The Morgan fingerprint density at radius 3 is 2.43 bits per heavy atom. The first-order valence-corrected chi connectivity index (χ1v) is 9.02. The highest BCUT2D eigenvalue weighted by Gasteiger charge is 2.28. The summed E-state index contributed by atoms with van der Waals surface area (Å²) in [5, 5.41) is 14.3. The van der Waals surface area contributed by atoms with E-state index in [0.29, 0.717) is 12.8 Å². The molecule has 2 rings (SSSR count). The molecule has 0 bridgehead atoms. The van der Waals surface area contributed by atoms with Gasteiger partial charge in [-0.05, 0) is 36.2 Å². The van der Waals surface area contributed by atoms with E-state index in [0.717, 1.165) is 5.56 Å². The zero-order chi connectivity index (χ0) is 20.7. The number of unbranched alkanes of at least 4 members (excludes halogenated alkanes) is 1. The van der Waals surface area contributed by atoms with Crippen LogP contribution in [0.3, 0.4) is 0 Å². The van der Waals surface area contributed by atoms with Gasteiger partial charge in [0.1, 0.15) is 11.9 Å². The lowest BCUT2D eigenvalue weighted by molar-refractivity contribution is -0.123. The normalized spacial score (nSPS) is 13.0. The van der Waals surface area contributed by atoms with E-state index in [9.17, 15) is 23.1 Å². The van der Waals surface area contributed by atoms with Crippen LogP contribution in [0.5, 0.6) is 5.75 Å². The predicted octanol–water partition coefficient (Wildman–Crippen LogP) is 4.53. The van der Waals surface area contributed by atoms with E-state index in [-0.39, 0.29) is 35.8 Å². The Kier molecular flexibility index (Phi) is 7.54. The minimum atomic E-state index is -2.35. The zero-order valence-corrected chi connectivity index (χ0v) is 15.5. The van der Waals surface area contributed by atoms with Crippen LogP contribution in [-0.4, -0.2) is 23.4 Å². The van der Waals surface area contributed by atoms with Gasteiger partial charge in [0.15, 0.2) is 5.82 Å². The third-order valence-corrected chi connectivity index (χ3v) is 4.26. The summed E-state index contributed by atoms with van der Waals surface area (Å²) in [7, 11) is 0. The van der Waals surface area contributed by atoms with E-state index in [1.807, 2.05) is 6.92 Å². The number of anilines is 3. The number of hydrogen-bond donors (Lipinski definition) is 4. The van der Waals surface area contributed by atoms with E-state index < -0.39 is 24.1 Å². The average molecular weight is 395 g/mol. The van der Waals surface area contributed by atoms with Gasteiger partial charge in [0.05, 0.1) is 17.1 Å². The van der Waals surface area contributed by atoms with Crippen LogP contribution in [0, 0.1) is 5.82 Å². The second-order valence-electron chi connectivity index (χ2n) is 6.46. The van der Waals surface area contributed by atoms with Crippen molar-refractivity contribution >= 4 is 23.0 Å². The van der Waals surface area contributed by atoms with Crippen molar-refractivity contribution < 1.29 is 23.1 Å². The molecular formula is C20H24F3N3O2. The lowest BCUT2D eigenvalue weighted by Gasteiger charge is -2.16. The predicted molar refractivity (Wildman–Crippen MR) is 104 cm³/mol. The van der Waals surface area contributed by atoms with Gasteiger partial charge in [-0.3, -0.25) is 4.79 Å². The monoisotopic (exact) mass is 395 g/mol. The lowest BCUT2D eigenvalue weighted by Crippen LogP contribution is -2.32. The van der Waals surface area contributed by atoms with Gasteiger partial charge in [-0.15, -0.1) is 0 Å². The third kappa shape index (κ3) is 5.55. The fraction of sp³-hybridized carbons (Fsp3) is 0.350. The quantitative estimate of drug-likeness (QED) is 0.470. The van der Waals surface area contributed by atoms with Gasteiger partial charge in [0.2, 0.25) is 6.17 Å². The van der Waals surface area contributed by atoms with Crippen molar-refractivity contribution in [2.45, 2.75) is 45.1 Å². The fourth-order valence-corrected chi connectivity index (χ4v) is 2.56. The molecule has 0 saturated carbocycles. The van der Waals surface area contributed by atoms with Gasteiger partial charge >= 0.3 is 0 Å². The van der Waals surface area contributed by atoms with Gasteiger partial charge in [0, 0.05) is 6.54 Å². The topological polar surface area (TPSA) is 87.4 Å². The van der Waals surface area contributed by atoms with Crippen molar-refractivity contribution in [3.8, 4) is 5.75 Å². The summed E-state index contributed by atoms with van der Waals surface area (Å²) in [6, 6.07) is 9.02. The van der Waals surface area contributed by atoms with Crippen LogP contribution in [0.15, 0.2) is 36.4 Å². The summed E-state index contributed by atoms with van der Waals surface area (Å²) in [4.78, 5) is 11.9. The Hall–Kier alpha value is -2.90. The van der Waals surface area contributed by atoms with Gasteiger partial charge in [-0.2, -0.15) is 0 Å². The number of phenolic OH excluding ortho intramolecular Hbond substituents is 1. The molecule has 0 unspecified atom stereocenters. The van der Waals surface area contributed by atoms with Gasteiger partial charge < -0.3 is 21.5 Å². The van der Waals surface area contributed by atoms with Crippen LogP contribution in [0.4, 0.5) is 30.2 Å². The summed E-state index contributed by atoms with van der Waals surface area (Å²) in [6.45, 7) is 2.11. The van der Waals surface area contributed by atoms with Gasteiger partial charge in [-0.1, -0.05) is 31.9 Å². The molecule has 0 aliphatic heterocycles. The number of nitrogens with one attached hydrogen (secondary N) is 2. The van der Waals surface area contributed by atoms with Gasteiger partial charge in [-0.25, -0.2) is 13.2 Å².